The highest BCUT2D eigenvalue weighted by atomic mass is 32.1. The van der Waals surface area contributed by atoms with Crippen molar-refractivity contribution in [1.82, 2.24) is 5.32 Å². The van der Waals surface area contributed by atoms with Gasteiger partial charge in [0.05, 0.1) is 14.2 Å². The molecule has 3 nitrogen and oxygen atoms in total. The summed E-state index contributed by atoms with van der Waals surface area (Å²) in [5.74, 6) is 1.65. The summed E-state index contributed by atoms with van der Waals surface area (Å²) >= 11 is 1.83. The lowest BCUT2D eigenvalue weighted by molar-refractivity contribution is 0.351. The van der Waals surface area contributed by atoms with Crippen molar-refractivity contribution in [1.29, 1.82) is 0 Å². The third-order valence-corrected chi connectivity index (χ3v) is 5.00. The van der Waals surface area contributed by atoms with Gasteiger partial charge in [0.25, 0.3) is 0 Å². The van der Waals surface area contributed by atoms with Crippen molar-refractivity contribution in [2.75, 3.05) is 20.8 Å². The third kappa shape index (κ3) is 3.06. The quantitative estimate of drug-likeness (QED) is 0.915. The number of fused-ring (bicyclic) bond motifs is 1. The number of thiophene rings is 1. The van der Waals surface area contributed by atoms with Crippen molar-refractivity contribution < 1.29 is 9.47 Å². The van der Waals surface area contributed by atoms with Crippen LogP contribution >= 0.6 is 11.3 Å². The number of rotatable bonds is 5. The molecule has 1 unspecified atom stereocenters. The summed E-state index contributed by atoms with van der Waals surface area (Å²) in [7, 11) is 3.39. The molecule has 0 bridgehead atoms. The Hall–Kier alpha value is -1.52. The zero-order chi connectivity index (χ0) is 14.7. The van der Waals surface area contributed by atoms with Crippen LogP contribution in [0.4, 0.5) is 0 Å². The van der Waals surface area contributed by atoms with Crippen molar-refractivity contribution in [2.24, 2.45) is 0 Å². The van der Waals surface area contributed by atoms with Crippen molar-refractivity contribution in [3.8, 4) is 11.5 Å². The fourth-order valence-corrected chi connectivity index (χ4v) is 3.69. The van der Waals surface area contributed by atoms with Crippen molar-refractivity contribution in [2.45, 2.75) is 25.3 Å². The minimum Gasteiger partial charge on any atom is -0.493 e. The van der Waals surface area contributed by atoms with E-state index in [0.29, 0.717) is 6.04 Å². The maximum atomic E-state index is 5.45. The number of hydrogen-bond acceptors (Lipinski definition) is 4. The maximum absolute atomic E-state index is 5.45. The monoisotopic (exact) mass is 303 g/mol. The summed E-state index contributed by atoms with van der Waals surface area (Å²) in [5, 5.41) is 5.78. The molecule has 0 spiro atoms. The molecular formula is C17H21NO2S. The molecule has 0 aliphatic carbocycles. The minimum absolute atomic E-state index is 0.399. The Balaban J connectivity index is 1.82. The van der Waals surface area contributed by atoms with Crippen LogP contribution in [0.5, 0.6) is 11.5 Å². The fraction of sp³-hybridized carbons (Fsp3) is 0.412. The predicted molar refractivity (Wildman–Crippen MR) is 86.6 cm³/mol. The van der Waals surface area contributed by atoms with Crippen LogP contribution in [-0.4, -0.2) is 20.8 Å². The van der Waals surface area contributed by atoms with Crippen molar-refractivity contribution in [3.05, 3.63) is 45.6 Å². The van der Waals surface area contributed by atoms with E-state index in [-0.39, 0.29) is 0 Å². The van der Waals surface area contributed by atoms with Gasteiger partial charge in [-0.05, 0) is 60.5 Å². The first-order valence-corrected chi connectivity index (χ1v) is 8.20. The fourth-order valence-electron chi connectivity index (χ4n) is 2.97. The molecule has 4 heteroatoms. The highest BCUT2D eigenvalue weighted by Gasteiger charge is 2.22. The molecule has 3 rings (SSSR count). The molecule has 1 aliphatic heterocycles. The van der Waals surface area contributed by atoms with Crippen molar-refractivity contribution in [3.63, 3.8) is 0 Å². The summed E-state index contributed by atoms with van der Waals surface area (Å²) < 4.78 is 10.9. The van der Waals surface area contributed by atoms with E-state index in [1.807, 2.05) is 11.3 Å². The Bertz CT molecular complexity index is 595. The van der Waals surface area contributed by atoms with Gasteiger partial charge in [0, 0.05) is 10.9 Å². The number of aryl methyl sites for hydroxylation is 1. The molecule has 0 fully saturated rings. The molecular weight excluding hydrogens is 282 g/mol. The first kappa shape index (κ1) is 14.4. The number of nitrogens with one attached hydrogen (secondary N) is 1. The molecule has 0 saturated carbocycles. The first-order valence-electron chi connectivity index (χ1n) is 7.32. The normalized spacial score (nSPS) is 17.3. The number of benzene rings is 1. The Kier molecular flexibility index (Phi) is 4.46. The average Bonchev–Trinajstić information content (AvgIpc) is 3.04. The van der Waals surface area contributed by atoms with Gasteiger partial charge in [0.2, 0.25) is 0 Å². The van der Waals surface area contributed by atoms with Gasteiger partial charge in [0.1, 0.15) is 0 Å². The van der Waals surface area contributed by atoms with Gasteiger partial charge in [0.15, 0.2) is 11.5 Å². The van der Waals surface area contributed by atoms with Crippen LogP contribution in [-0.2, 0) is 12.8 Å². The Labute approximate surface area is 129 Å². The Morgan fingerprint density at radius 3 is 2.76 bits per heavy atom. The second-order valence-electron chi connectivity index (χ2n) is 5.28. The standard InChI is InChI=1S/C17H21NO2S/c1-19-16-10-12-7-8-18-15(14(12)11-17(16)20-2)6-5-13-4-3-9-21-13/h3-4,9-11,15,18H,5-8H2,1-2H3. The van der Waals surface area contributed by atoms with Gasteiger partial charge in [-0.25, -0.2) is 0 Å². The van der Waals surface area contributed by atoms with Crippen LogP contribution in [0.2, 0.25) is 0 Å². The lowest BCUT2D eigenvalue weighted by Crippen LogP contribution is -2.30. The summed E-state index contributed by atoms with van der Waals surface area (Å²) in [6, 6.07) is 9.00. The number of ether oxygens (including phenoxy) is 2. The van der Waals surface area contributed by atoms with E-state index < -0.39 is 0 Å². The molecule has 21 heavy (non-hydrogen) atoms. The van der Waals surface area contributed by atoms with Crippen LogP contribution in [0.3, 0.4) is 0 Å². The Morgan fingerprint density at radius 1 is 1.24 bits per heavy atom. The van der Waals surface area contributed by atoms with E-state index in [9.17, 15) is 0 Å². The highest BCUT2D eigenvalue weighted by molar-refractivity contribution is 7.09. The number of methoxy groups -OCH3 is 2. The van der Waals surface area contributed by atoms with Crippen molar-refractivity contribution >= 4 is 11.3 Å². The van der Waals surface area contributed by atoms with E-state index in [0.717, 1.165) is 37.3 Å². The molecule has 1 aromatic heterocycles. The summed E-state index contributed by atoms with van der Waals surface area (Å²) in [6.07, 6.45) is 3.28. The second kappa shape index (κ2) is 6.50. The van der Waals surface area contributed by atoms with Crippen LogP contribution in [0.25, 0.3) is 0 Å². The van der Waals surface area contributed by atoms with Gasteiger partial charge >= 0.3 is 0 Å². The molecule has 0 radical (unpaired) electrons. The van der Waals surface area contributed by atoms with Gasteiger partial charge in [-0.1, -0.05) is 6.07 Å². The molecule has 1 atom stereocenters. The third-order valence-electron chi connectivity index (χ3n) is 4.07. The van der Waals surface area contributed by atoms with Gasteiger partial charge in [-0.3, -0.25) is 0 Å². The minimum atomic E-state index is 0.399. The summed E-state index contributed by atoms with van der Waals surface area (Å²) in [6.45, 7) is 1.03. The lowest BCUT2D eigenvalue weighted by atomic mass is 9.91. The van der Waals surface area contributed by atoms with Crippen LogP contribution in [0.15, 0.2) is 29.6 Å². The van der Waals surface area contributed by atoms with E-state index in [1.54, 1.807) is 14.2 Å². The van der Waals surface area contributed by atoms with Gasteiger partial charge < -0.3 is 14.8 Å². The zero-order valence-corrected chi connectivity index (χ0v) is 13.3. The SMILES string of the molecule is COc1cc2c(cc1OC)C(CCc1cccs1)NCC2. The molecule has 2 aromatic rings. The largest absolute Gasteiger partial charge is 0.493 e. The maximum Gasteiger partial charge on any atom is 0.161 e. The van der Waals surface area contributed by atoms with Crippen LogP contribution < -0.4 is 14.8 Å². The zero-order valence-electron chi connectivity index (χ0n) is 12.5. The molecule has 0 saturated heterocycles. The highest BCUT2D eigenvalue weighted by Crippen LogP contribution is 2.36. The molecule has 1 N–H and O–H groups in total. The predicted octanol–water partition coefficient (Wildman–Crippen LogP) is 3.58. The molecule has 2 heterocycles. The molecule has 1 aliphatic rings. The van der Waals surface area contributed by atoms with E-state index in [1.165, 1.54) is 16.0 Å². The molecule has 1 aromatic carbocycles. The van der Waals surface area contributed by atoms with Crippen LogP contribution in [0, 0.1) is 0 Å². The van der Waals surface area contributed by atoms with E-state index in [4.69, 9.17) is 9.47 Å². The van der Waals surface area contributed by atoms with E-state index >= 15 is 0 Å². The summed E-state index contributed by atoms with van der Waals surface area (Å²) in [5.41, 5.74) is 2.73. The van der Waals surface area contributed by atoms with Crippen LogP contribution in [0.1, 0.15) is 28.5 Å². The molecule has 0 amide bonds. The first-order chi connectivity index (χ1) is 10.3. The topological polar surface area (TPSA) is 30.5 Å². The second-order valence-corrected chi connectivity index (χ2v) is 6.31. The lowest BCUT2D eigenvalue weighted by Gasteiger charge is -2.28. The van der Waals surface area contributed by atoms with E-state index in [2.05, 4.69) is 35.0 Å². The molecule has 112 valence electrons. The van der Waals surface area contributed by atoms with Gasteiger partial charge in [-0.15, -0.1) is 11.3 Å². The Morgan fingerprint density at radius 2 is 2.05 bits per heavy atom. The van der Waals surface area contributed by atoms with Gasteiger partial charge in [-0.2, -0.15) is 0 Å². The smallest absolute Gasteiger partial charge is 0.161 e. The average molecular weight is 303 g/mol. The number of hydrogen-bond donors (Lipinski definition) is 1. The summed E-state index contributed by atoms with van der Waals surface area (Å²) in [4.78, 5) is 1.45.